The summed E-state index contributed by atoms with van der Waals surface area (Å²) in [5.74, 6) is -0.982. The zero-order chi connectivity index (χ0) is 26.2. The van der Waals surface area contributed by atoms with Crippen molar-refractivity contribution in [3.05, 3.63) is 112 Å². The minimum Gasteiger partial charge on any atom is -0.396 e. The van der Waals surface area contributed by atoms with Crippen molar-refractivity contribution in [3.8, 4) is 5.69 Å². The third-order valence-corrected chi connectivity index (χ3v) is 7.06. The van der Waals surface area contributed by atoms with E-state index in [2.05, 4.69) is 5.10 Å². The molecule has 2 atom stereocenters. The largest absolute Gasteiger partial charge is 0.396 e. The van der Waals surface area contributed by atoms with Gasteiger partial charge in [0.1, 0.15) is 0 Å². The number of hydrogen-bond donors (Lipinski definition) is 2. The zero-order valence-electron chi connectivity index (χ0n) is 20.2. The Morgan fingerprint density at radius 2 is 1.84 bits per heavy atom. The van der Waals surface area contributed by atoms with Crippen LogP contribution in [0, 0.1) is 5.92 Å². The van der Waals surface area contributed by atoms with E-state index in [0.717, 1.165) is 10.9 Å². The molecule has 0 bridgehead atoms. The van der Waals surface area contributed by atoms with Crippen molar-refractivity contribution in [2.75, 3.05) is 11.5 Å². The Labute approximate surface area is 218 Å². The van der Waals surface area contributed by atoms with Crippen molar-refractivity contribution in [1.29, 1.82) is 0 Å². The van der Waals surface area contributed by atoms with E-state index in [1.54, 1.807) is 66.6 Å². The first-order valence-corrected chi connectivity index (χ1v) is 12.4. The quantitative estimate of drug-likeness (QED) is 0.357. The van der Waals surface area contributed by atoms with Crippen LogP contribution in [-0.4, -0.2) is 32.5 Å². The lowest BCUT2D eigenvalue weighted by molar-refractivity contribution is -0.139. The van der Waals surface area contributed by atoms with Gasteiger partial charge in [-0.05, 0) is 48.4 Å². The van der Waals surface area contributed by atoms with Crippen LogP contribution in [-0.2, 0) is 16.9 Å². The lowest BCUT2D eigenvalue weighted by atomic mass is 9.83. The average molecular weight is 516 g/mol. The fourth-order valence-electron chi connectivity index (χ4n) is 4.79. The monoisotopic (exact) mass is 515 g/mol. The van der Waals surface area contributed by atoms with Crippen LogP contribution in [0.4, 0.5) is 5.69 Å². The molecular weight excluding hydrogens is 490 g/mol. The molecule has 0 spiro atoms. The van der Waals surface area contributed by atoms with Crippen LogP contribution in [0.1, 0.15) is 24.5 Å². The molecule has 2 heterocycles. The Hall–Kier alpha value is -3.78. The molecule has 1 amide bonds. The van der Waals surface area contributed by atoms with Gasteiger partial charge in [-0.1, -0.05) is 61.0 Å². The van der Waals surface area contributed by atoms with E-state index in [0.29, 0.717) is 33.8 Å². The minimum absolute atomic E-state index is 0.0129. The molecule has 7 nitrogen and oxygen atoms in total. The summed E-state index contributed by atoms with van der Waals surface area (Å²) < 4.78 is 1.35. The van der Waals surface area contributed by atoms with Gasteiger partial charge in [0.25, 0.3) is 11.5 Å². The Morgan fingerprint density at radius 1 is 1.08 bits per heavy atom. The summed E-state index contributed by atoms with van der Waals surface area (Å²) in [7, 11) is 0. The summed E-state index contributed by atoms with van der Waals surface area (Å²) in [5, 5.41) is 26.8. The van der Waals surface area contributed by atoms with Gasteiger partial charge in [-0.3, -0.25) is 9.59 Å². The zero-order valence-corrected chi connectivity index (χ0v) is 21.0. The molecule has 0 unspecified atom stereocenters. The first-order valence-electron chi connectivity index (χ1n) is 12.0. The molecule has 0 saturated heterocycles. The molecule has 0 radical (unpaired) electrons. The SMILES string of the molecule is C[C@H](/C=C/CCO)[C@@]1(O)C(=O)N(Cc2ccc(-n3ncc4ccccc4c3=O)cc2)c2ccc(Cl)cc21. The van der Waals surface area contributed by atoms with Crippen molar-refractivity contribution >= 4 is 34.0 Å². The highest BCUT2D eigenvalue weighted by Crippen LogP contribution is 2.46. The Bertz CT molecular complexity index is 1560. The highest BCUT2D eigenvalue weighted by molar-refractivity contribution is 6.31. The molecule has 3 aromatic carbocycles. The fraction of sp³-hybridized carbons (Fsp3) is 0.207. The lowest BCUT2D eigenvalue weighted by Gasteiger charge is -2.27. The first kappa shape index (κ1) is 24.9. The van der Waals surface area contributed by atoms with E-state index in [1.807, 2.05) is 30.3 Å². The standard InChI is InChI=1S/C29H26ClN3O4/c1-19(6-4-5-15-34)29(37)25-16-22(30)11-14-26(25)32(28(29)36)18-20-9-12-23(13-10-20)33-27(35)24-8-3-2-7-21(24)17-31-33/h2-4,6-14,16-17,19,34,37H,5,15,18H2,1H3/b6-4+/t19-,29+/m1/s1. The normalized spacial score (nSPS) is 18.1. The number of rotatable bonds is 7. The summed E-state index contributed by atoms with van der Waals surface area (Å²) in [4.78, 5) is 28.1. The molecule has 4 aromatic rings. The molecule has 188 valence electrons. The van der Waals surface area contributed by atoms with Gasteiger partial charge in [0.2, 0.25) is 0 Å². The summed E-state index contributed by atoms with van der Waals surface area (Å²) >= 11 is 6.24. The molecule has 0 saturated carbocycles. The molecule has 1 aliphatic rings. The van der Waals surface area contributed by atoms with Crippen molar-refractivity contribution < 1.29 is 15.0 Å². The molecule has 0 fully saturated rings. The smallest absolute Gasteiger partial charge is 0.279 e. The molecule has 37 heavy (non-hydrogen) atoms. The second-order valence-corrected chi connectivity index (χ2v) is 9.60. The predicted octanol–water partition coefficient (Wildman–Crippen LogP) is 4.35. The highest BCUT2D eigenvalue weighted by Gasteiger charge is 2.52. The number of amides is 1. The van der Waals surface area contributed by atoms with Gasteiger partial charge in [-0.15, -0.1) is 0 Å². The van der Waals surface area contributed by atoms with Crippen molar-refractivity contribution in [3.63, 3.8) is 0 Å². The number of fused-ring (bicyclic) bond motifs is 2. The second-order valence-electron chi connectivity index (χ2n) is 9.16. The van der Waals surface area contributed by atoms with Gasteiger partial charge in [0.05, 0.1) is 29.5 Å². The lowest BCUT2D eigenvalue weighted by Crippen LogP contribution is -2.44. The van der Waals surface area contributed by atoms with Crippen LogP contribution < -0.4 is 10.5 Å². The van der Waals surface area contributed by atoms with Gasteiger partial charge >= 0.3 is 0 Å². The number of halogens is 1. The number of anilines is 1. The number of benzene rings is 3. The van der Waals surface area contributed by atoms with Crippen LogP contribution in [0.3, 0.4) is 0 Å². The molecule has 1 aromatic heterocycles. The van der Waals surface area contributed by atoms with Gasteiger partial charge in [-0.2, -0.15) is 9.78 Å². The molecular formula is C29H26ClN3O4. The maximum atomic E-state index is 13.6. The maximum Gasteiger partial charge on any atom is 0.279 e. The summed E-state index contributed by atoms with van der Waals surface area (Å²) in [6, 6.07) is 19.6. The minimum atomic E-state index is -1.78. The fourth-order valence-corrected chi connectivity index (χ4v) is 4.96. The van der Waals surface area contributed by atoms with E-state index in [9.17, 15) is 14.7 Å². The Morgan fingerprint density at radius 3 is 2.59 bits per heavy atom. The molecule has 5 rings (SSSR count). The first-order chi connectivity index (χ1) is 17.8. The van der Waals surface area contributed by atoms with Crippen molar-refractivity contribution in [2.24, 2.45) is 5.92 Å². The summed E-state index contributed by atoms with van der Waals surface area (Å²) in [6.07, 6.45) is 5.59. The van der Waals surface area contributed by atoms with E-state index in [1.165, 1.54) is 4.68 Å². The third-order valence-electron chi connectivity index (χ3n) is 6.83. The topological polar surface area (TPSA) is 95.7 Å². The summed E-state index contributed by atoms with van der Waals surface area (Å²) in [5.41, 5.74) is 0.484. The number of aliphatic hydroxyl groups is 2. The van der Waals surface area contributed by atoms with E-state index < -0.39 is 17.4 Å². The number of carbonyl (C=O) groups excluding carboxylic acids is 1. The van der Waals surface area contributed by atoms with E-state index in [4.69, 9.17) is 16.7 Å². The average Bonchev–Trinajstić information content (AvgIpc) is 3.12. The van der Waals surface area contributed by atoms with Gasteiger partial charge in [0, 0.05) is 28.5 Å². The number of aliphatic hydroxyl groups excluding tert-OH is 1. The van der Waals surface area contributed by atoms with Crippen LogP contribution >= 0.6 is 11.6 Å². The second kappa shape index (κ2) is 9.94. The predicted molar refractivity (Wildman–Crippen MR) is 144 cm³/mol. The van der Waals surface area contributed by atoms with Crippen LogP contribution in [0.25, 0.3) is 16.5 Å². The highest BCUT2D eigenvalue weighted by atomic mass is 35.5. The number of aromatic nitrogens is 2. The molecule has 8 heteroatoms. The number of carbonyl (C=O) groups is 1. The Balaban J connectivity index is 1.45. The number of nitrogens with zero attached hydrogens (tertiary/aromatic N) is 3. The van der Waals surface area contributed by atoms with Crippen molar-refractivity contribution in [1.82, 2.24) is 9.78 Å². The van der Waals surface area contributed by atoms with Gasteiger partial charge < -0.3 is 15.1 Å². The van der Waals surface area contributed by atoms with Crippen LogP contribution in [0.5, 0.6) is 0 Å². The maximum absolute atomic E-state index is 13.6. The van der Waals surface area contributed by atoms with E-state index >= 15 is 0 Å². The molecule has 1 aliphatic heterocycles. The molecule has 2 N–H and O–H groups in total. The number of hydrogen-bond acceptors (Lipinski definition) is 5. The van der Waals surface area contributed by atoms with Gasteiger partial charge in [0.15, 0.2) is 5.60 Å². The molecule has 0 aliphatic carbocycles. The summed E-state index contributed by atoms with van der Waals surface area (Å²) in [6.45, 7) is 1.98. The third kappa shape index (κ3) is 4.35. The van der Waals surface area contributed by atoms with Gasteiger partial charge in [-0.25, -0.2) is 0 Å². The van der Waals surface area contributed by atoms with Crippen molar-refractivity contribution in [2.45, 2.75) is 25.5 Å². The van der Waals surface area contributed by atoms with Crippen LogP contribution in [0.15, 0.2) is 89.9 Å². The van der Waals surface area contributed by atoms with E-state index in [-0.39, 0.29) is 18.7 Å². The van der Waals surface area contributed by atoms with Crippen LogP contribution in [0.2, 0.25) is 5.02 Å². The Kier molecular flexibility index (Phi) is 6.69.